The van der Waals surface area contributed by atoms with Crippen LogP contribution in [-0.2, 0) is 4.79 Å². The van der Waals surface area contributed by atoms with Crippen LogP contribution in [-0.4, -0.2) is 11.0 Å². The highest BCUT2D eigenvalue weighted by Gasteiger charge is 2.21. The molecule has 0 atom stereocenters. The molecule has 0 bridgehead atoms. The molecule has 0 aliphatic heterocycles. The number of halogens is 2. The van der Waals surface area contributed by atoms with Gasteiger partial charge in [-0.2, -0.15) is 4.98 Å². The molecule has 0 N–H and O–H groups in total. The van der Waals surface area contributed by atoms with Crippen molar-refractivity contribution in [2.24, 2.45) is 0 Å². The number of esters is 1. The van der Waals surface area contributed by atoms with Crippen molar-refractivity contribution in [2.75, 3.05) is 0 Å². The molecule has 0 radical (unpaired) electrons. The Morgan fingerprint density at radius 2 is 2.04 bits per heavy atom. The first-order valence-electron chi connectivity index (χ1n) is 7.80. The molecule has 25 heavy (non-hydrogen) atoms. The fourth-order valence-corrected chi connectivity index (χ4v) is 3.18. The van der Waals surface area contributed by atoms with Crippen molar-refractivity contribution < 1.29 is 18.3 Å². The maximum atomic E-state index is 13.1. The second-order valence-corrected chi connectivity index (χ2v) is 7.06. The van der Waals surface area contributed by atoms with E-state index in [4.69, 9.17) is 20.8 Å². The van der Waals surface area contributed by atoms with Crippen molar-refractivity contribution in [1.29, 1.82) is 0 Å². The van der Waals surface area contributed by atoms with Crippen molar-refractivity contribution in [3.05, 3.63) is 46.6 Å². The van der Waals surface area contributed by atoms with E-state index in [2.05, 4.69) is 4.98 Å². The van der Waals surface area contributed by atoms with Gasteiger partial charge in [-0.05, 0) is 42.8 Å². The second-order valence-electron chi connectivity index (χ2n) is 5.34. The minimum absolute atomic E-state index is 0.0962. The summed E-state index contributed by atoms with van der Waals surface area (Å²) in [5, 5.41) is 0. The van der Waals surface area contributed by atoms with Crippen LogP contribution < -0.4 is 4.74 Å². The highest BCUT2D eigenvalue weighted by atomic mass is 35.5. The van der Waals surface area contributed by atoms with Gasteiger partial charge >= 0.3 is 5.97 Å². The average molecular weight is 380 g/mol. The van der Waals surface area contributed by atoms with Crippen LogP contribution in [0.2, 0.25) is 4.34 Å². The molecule has 0 saturated heterocycles. The number of nitrogens with zero attached hydrogens (tertiary/aromatic N) is 1. The summed E-state index contributed by atoms with van der Waals surface area (Å²) in [6.45, 7) is 2.00. The van der Waals surface area contributed by atoms with Gasteiger partial charge in [-0.15, -0.1) is 11.3 Å². The Morgan fingerprint density at radius 1 is 1.28 bits per heavy atom. The van der Waals surface area contributed by atoms with E-state index in [1.54, 1.807) is 24.3 Å². The van der Waals surface area contributed by atoms with Gasteiger partial charge in [0.25, 0.3) is 5.88 Å². The van der Waals surface area contributed by atoms with Crippen LogP contribution in [0.4, 0.5) is 4.39 Å². The summed E-state index contributed by atoms with van der Waals surface area (Å²) in [7, 11) is 0. The highest BCUT2D eigenvalue weighted by Crippen LogP contribution is 2.39. The molecular formula is C18H15ClFNO3S. The lowest BCUT2D eigenvalue weighted by atomic mass is 10.2. The standard InChI is InChI=1S/C18H15ClFNO3S/c1-2-3-4-15(22)23-18-16(13-9-10-14(19)25-13)24-17(21-18)11-5-7-12(20)8-6-11/h5-10H,2-4H2,1H3. The molecule has 1 aromatic carbocycles. The molecule has 0 spiro atoms. The Kier molecular flexibility index (Phi) is 5.50. The highest BCUT2D eigenvalue weighted by molar-refractivity contribution is 7.19. The van der Waals surface area contributed by atoms with Crippen molar-refractivity contribution in [1.82, 2.24) is 4.98 Å². The van der Waals surface area contributed by atoms with Crippen LogP contribution in [0.1, 0.15) is 26.2 Å². The molecular weight excluding hydrogens is 365 g/mol. The van der Waals surface area contributed by atoms with E-state index in [0.29, 0.717) is 27.0 Å². The first kappa shape index (κ1) is 17.6. The zero-order valence-electron chi connectivity index (χ0n) is 13.4. The number of carbonyl (C=O) groups is 1. The Labute approximate surface area is 153 Å². The lowest BCUT2D eigenvalue weighted by Crippen LogP contribution is -2.08. The third kappa shape index (κ3) is 4.27. The van der Waals surface area contributed by atoms with Crippen molar-refractivity contribution in [2.45, 2.75) is 26.2 Å². The Morgan fingerprint density at radius 3 is 2.68 bits per heavy atom. The first-order chi connectivity index (χ1) is 12.1. The van der Waals surface area contributed by atoms with Crippen molar-refractivity contribution >= 4 is 28.9 Å². The summed E-state index contributed by atoms with van der Waals surface area (Å²) in [6, 6.07) is 9.22. The minimum Gasteiger partial charge on any atom is -0.431 e. The molecule has 0 fully saturated rings. The largest absolute Gasteiger partial charge is 0.431 e. The van der Waals surface area contributed by atoms with Crippen LogP contribution in [0.15, 0.2) is 40.8 Å². The molecule has 0 amide bonds. The van der Waals surface area contributed by atoms with E-state index in [-0.39, 0.29) is 23.6 Å². The number of unbranched alkanes of at least 4 members (excludes halogenated alkanes) is 1. The maximum absolute atomic E-state index is 13.1. The minimum atomic E-state index is -0.371. The zero-order valence-corrected chi connectivity index (χ0v) is 15.0. The van der Waals surface area contributed by atoms with Gasteiger partial charge in [-0.1, -0.05) is 24.9 Å². The van der Waals surface area contributed by atoms with Gasteiger partial charge < -0.3 is 9.15 Å². The molecule has 130 valence electrons. The zero-order chi connectivity index (χ0) is 17.8. The SMILES string of the molecule is CCCCC(=O)Oc1nc(-c2ccc(F)cc2)oc1-c1ccc(Cl)s1. The fourth-order valence-electron chi connectivity index (χ4n) is 2.16. The fraction of sp³-hybridized carbons (Fsp3) is 0.222. The smallest absolute Gasteiger partial charge is 0.312 e. The van der Waals surface area contributed by atoms with Crippen LogP contribution >= 0.6 is 22.9 Å². The monoisotopic (exact) mass is 379 g/mol. The number of benzene rings is 1. The lowest BCUT2D eigenvalue weighted by molar-refractivity contribution is -0.134. The summed E-state index contributed by atoms with van der Waals surface area (Å²) < 4.78 is 24.9. The molecule has 0 saturated carbocycles. The van der Waals surface area contributed by atoms with Gasteiger partial charge in [0.2, 0.25) is 11.7 Å². The summed E-state index contributed by atoms with van der Waals surface area (Å²) in [6.07, 6.45) is 1.93. The quantitative estimate of drug-likeness (QED) is 0.496. The van der Waals surface area contributed by atoms with E-state index < -0.39 is 0 Å². The molecule has 3 rings (SSSR count). The summed E-state index contributed by atoms with van der Waals surface area (Å²) >= 11 is 7.28. The molecule has 2 aromatic heterocycles. The molecule has 7 heteroatoms. The second kappa shape index (κ2) is 7.80. The van der Waals surface area contributed by atoms with Gasteiger partial charge in [-0.25, -0.2) is 4.39 Å². The number of thiophene rings is 1. The summed E-state index contributed by atoms with van der Waals surface area (Å²) in [4.78, 5) is 16.9. The van der Waals surface area contributed by atoms with Crippen molar-refractivity contribution in [3.63, 3.8) is 0 Å². The number of aromatic nitrogens is 1. The van der Waals surface area contributed by atoms with Gasteiger partial charge in [0, 0.05) is 12.0 Å². The van der Waals surface area contributed by atoms with Crippen LogP contribution in [0.5, 0.6) is 5.88 Å². The predicted molar refractivity (Wildman–Crippen MR) is 95.4 cm³/mol. The first-order valence-corrected chi connectivity index (χ1v) is 8.99. The molecule has 0 unspecified atom stereocenters. The van der Waals surface area contributed by atoms with Crippen molar-refractivity contribution in [3.8, 4) is 28.0 Å². The molecule has 0 aliphatic rings. The number of ether oxygens (including phenoxy) is 1. The molecule has 2 heterocycles. The topological polar surface area (TPSA) is 52.3 Å². The number of carbonyl (C=O) groups excluding carboxylic acids is 1. The molecule has 3 aromatic rings. The van der Waals surface area contributed by atoms with Gasteiger partial charge in [-0.3, -0.25) is 4.79 Å². The van der Waals surface area contributed by atoms with E-state index in [0.717, 1.165) is 12.8 Å². The van der Waals surface area contributed by atoms with Crippen LogP contribution in [0.3, 0.4) is 0 Å². The lowest BCUT2D eigenvalue weighted by Gasteiger charge is -2.01. The summed E-state index contributed by atoms with van der Waals surface area (Å²) in [5.74, 6) is -0.0469. The third-order valence-corrected chi connectivity index (χ3v) is 4.66. The summed E-state index contributed by atoms with van der Waals surface area (Å²) in [5.41, 5.74) is 0.584. The number of rotatable bonds is 6. The Hall–Kier alpha value is -2.18. The van der Waals surface area contributed by atoms with E-state index >= 15 is 0 Å². The maximum Gasteiger partial charge on any atom is 0.312 e. The molecule has 0 aliphatic carbocycles. The predicted octanol–water partition coefficient (Wildman–Crippen LogP) is 5.96. The number of hydrogen-bond donors (Lipinski definition) is 0. The van der Waals surface area contributed by atoms with Gasteiger partial charge in [0.15, 0.2) is 0 Å². The van der Waals surface area contributed by atoms with E-state index in [9.17, 15) is 9.18 Å². The normalized spacial score (nSPS) is 10.8. The van der Waals surface area contributed by atoms with E-state index in [1.165, 1.54) is 23.5 Å². The number of hydrogen-bond acceptors (Lipinski definition) is 5. The Balaban J connectivity index is 1.96. The van der Waals surface area contributed by atoms with Gasteiger partial charge in [0.05, 0.1) is 9.21 Å². The average Bonchev–Trinajstić information content (AvgIpc) is 3.20. The van der Waals surface area contributed by atoms with Crippen LogP contribution in [0.25, 0.3) is 22.1 Å². The molecule has 4 nitrogen and oxygen atoms in total. The third-order valence-electron chi connectivity index (χ3n) is 3.43. The van der Waals surface area contributed by atoms with E-state index in [1.807, 2.05) is 6.92 Å². The van der Waals surface area contributed by atoms with Crippen LogP contribution in [0, 0.1) is 5.82 Å². The number of oxazole rings is 1. The Bertz CT molecular complexity index is 873. The van der Waals surface area contributed by atoms with Gasteiger partial charge in [0.1, 0.15) is 5.82 Å².